The van der Waals surface area contributed by atoms with E-state index in [9.17, 15) is 19.2 Å². The summed E-state index contributed by atoms with van der Waals surface area (Å²) < 4.78 is 11.2. The molecular weight excluding hydrogens is 402 g/mol. The molecule has 0 radical (unpaired) electrons. The number of para-hydroxylation sites is 1. The van der Waals surface area contributed by atoms with Gasteiger partial charge in [-0.05, 0) is 31.5 Å². The quantitative estimate of drug-likeness (QED) is 0.454. The Labute approximate surface area is 178 Å². The lowest BCUT2D eigenvalue weighted by Gasteiger charge is -2.09. The molecule has 0 aliphatic heterocycles. The van der Waals surface area contributed by atoms with Crippen LogP contribution < -0.4 is 5.56 Å². The van der Waals surface area contributed by atoms with Gasteiger partial charge in [0.15, 0.2) is 6.61 Å². The Morgan fingerprint density at radius 1 is 1.16 bits per heavy atom. The first kappa shape index (κ1) is 21.9. The average molecular weight is 425 g/mol. The Morgan fingerprint density at radius 2 is 1.87 bits per heavy atom. The number of aryl methyl sites for hydroxylation is 2. The van der Waals surface area contributed by atoms with E-state index in [0.717, 1.165) is 0 Å². The number of ketones is 1. The number of carbonyl (C=O) groups is 3. The van der Waals surface area contributed by atoms with Gasteiger partial charge in [-0.25, -0.2) is 9.78 Å². The largest absolute Gasteiger partial charge is 0.465 e. The van der Waals surface area contributed by atoms with Crippen molar-refractivity contribution in [2.45, 2.75) is 26.7 Å². The van der Waals surface area contributed by atoms with Crippen LogP contribution in [0.3, 0.4) is 0 Å². The Balaban J connectivity index is 1.63. The van der Waals surface area contributed by atoms with E-state index in [1.165, 1.54) is 11.7 Å². The van der Waals surface area contributed by atoms with Crippen LogP contribution in [0.4, 0.5) is 0 Å². The van der Waals surface area contributed by atoms with Gasteiger partial charge < -0.3 is 14.5 Å². The van der Waals surface area contributed by atoms with Crippen LogP contribution in [0.25, 0.3) is 10.9 Å². The molecule has 0 aliphatic carbocycles. The second-order valence-electron chi connectivity index (χ2n) is 7.11. The van der Waals surface area contributed by atoms with Crippen molar-refractivity contribution >= 4 is 28.6 Å². The predicted octanol–water partition coefficient (Wildman–Crippen LogP) is 2.02. The number of aromatic amines is 1. The maximum absolute atomic E-state index is 12.4. The van der Waals surface area contributed by atoms with Crippen LogP contribution >= 0.6 is 0 Å². The van der Waals surface area contributed by atoms with E-state index in [-0.39, 0.29) is 24.1 Å². The molecule has 0 saturated heterocycles. The number of ether oxygens (including phenoxy) is 2. The minimum Gasteiger partial charge on any atom is -0.465 e. The number of hydrogen-bond acceptors (Lipinski definition) is 7. The number of nitrogens with zero attached hydrogens (tertiary/aromatic N) is 2. The molecule has 0 atom stereocenters. The minimum atomic E-state index is -0.593. The predicted molar refractivity (Wildman–Crippen MR) is 112 cm³/mol. The summed E-state index contributed by atoms with van der Waals surface area (Å²) in [6.45, 7) is 2.81. The molecule has 1 aromatic carbocycles. The summed E-state index contributed by atoms with van der Waals surface area (Å²) in [4.78, 5) is 56.1. The van der Waals surface area contributed by atoms with Crippen molar-refractivity contribution in [1.29, 1.82) is 0 Å². The fourth-order valence-electron chi connectivity index (χ4n) is 3.43. The van der Waals surface area contributed by atoms with Crippen molar-refractivity contribution in [3.8, 4) is 0 Å². The van der Waals surface area contributed by atoms with Gasteiger partial charge >= 0.3 is 11.9 Å². The van der Waals surface area contributed by atoms with Crippen molar-refractivity contribution in [3.05, 3.63) is 63.0 Å². The fraction of sp³-hybridized carbons (Fsp3) is 0.318. The number of aromatic nitrogens is 3. The van der Waals surface area contributed by atoms with Crippen molar-refractivity contribution < 1.29 is 23.9 Å². The topological polar surface area (TPSA) is 120 Å². The number of Topliss-reactive ketones (excluding diaryl/α,β-unsaturated/α-hetero) is 1. The van der Waals surface area contributed by atoms with Gasteiger partial charge in [0.1, 0.15) is 5.82 Å². The van der Waals surface area contributed by atoms with E-state index in [1.54, 1.807) is 45.2 Å². The Kier molecular flexibility index (Phi) is 6.33. The number of rotatable bonds is 7. The molecule has 0 spiro atoms. The number of H-pyrrole nitrogens is 1. The second-order valence-corrected chi connectivity index (χ2v) is 7.11. The summed E-state index contributed by atoms with van der Waals surface area (Å²) in [6, 6.07) is 6.99. The smallest absolute Gasteiger partial charge is 0.339 e. The summed E-state index contributed by atoms with van der Waals surface area (Å²) in [7, 11) is 2.86. The highest BCUT2D eigenvalue weighted by Gasteiger charge is 2.23. The van der Waals surface area contributed by atoms with E-state index in [4.69, 9.17) is 9.47 Å². The molecule has 2 heterocycles. The SMILES string of the molecule is COC(=O)c1c(C)[nH]c(C(=O)COC(=O)CCc2nc3ccccc3c(=O)n2C)c1C. The monoisotopic (exact) mass is 425 g/mol. The third-order valence-corrected chi connectivity index (χ3v) is 5.10. The summed E-state index contributed by atoms with van der Waals surface area (Å²) in [5.74, 6) is -1.15. The summed E-state index contributed by atoms with van der Waals surface area (Å²) in [5.41, 5.74) is 1.80. The zero-order valence-electron chi connectivity index (χ0n) is 17.8. The number of benzene rings is 1. The zero-order chi connectivity index (χ0) is 22.7. The summed E-state index contributed by atoms with van der Waals surface area (Å²) in [6.07, 6.45) is 0.152. The highest BCUT2D eigenvalue weighted by molar-refractivity contribution is 6.02. The van der Waals surface area contributed by atoms with Gasteiger partial charge in [0.2, 0.25) is 5.78 Å². The van der Waals surface area contributed by atoms with Crippen LogP contribution in [0.2, 0.25) is 0 Å². The highest BCUT2D eigenvalue weighted by Crippen LogP contribution is 2.19. The van der Waals surface area contributed by atoms with Gasteiger partial charge in [0.05, 0.1) is 35.7 Å². The van der Waals surface area contributed by atoms with Crippen LogP contribution in [0.1, 0.15) is 44.3 Å². The van der Waals surface area contributed by atoms with Crippen LogP contribution in [0, 0.1) is 13.8 Å². The van der Waals surface area contributed by atoms with Crippen molar-refractivity contribution in [2.24, 2.45) is 7.05 Å². The molecule has 3 aromatic rings. The van der Waals surface area contributed by atoms with Crippen molar-refractivity contribution in [1.82, 2.24) is 14.5 Å². The number of hydrogen-bond donors (Lipinski definition) is 1. The van der Waals surface area contributed by atoms with Gasteiger partial charge in [0.25, 0.3) is 5.56 Å². The molecule has 9 heteroatoms. The van der Waals surface area contributed by atoms with Crippen LogP contribution in [-0.2, 0) is 27.7 Å². The van der Waals surface area contributed by atoms with Crippen LogP contribution in [0.5, 0.6) is 0 Å². The fourth-order valence-corrected chi connectivity index (χ4v) is 3.43. The lowest BCUT2D eigenvalue weighted by Crippen LogP contribution is -2.23. The zero-order valence-corrected chi connectivity index (χ0v) is 17.8. The molecule has 162 valence electrons. The standard InChI is InChI=1S/C22H23N3O6/c1-12-19(22(29)30-4)13(2)23-20(12)16(26)11-31-18(27)10-9-17-24-15-8-6-5-7-14(15)21(28)25(17)3/h5-8,23H,9-11H2,1-4H3. The van der Waals surface area contributed by atoms with E-state index >= 15 is 0 Å². The number of nitrogens with one attached hydrogen (secondary N) is 1. The number of carbonyl (C=O) groups excluding carboxylic acids is 3. The van der Waals surface area contributed by atoms with Crippen molar-refractivity contribution in [3.63, 3.8) is 0 Å². The number of fused-ring (bicyclic) bond motifs is 1. The molecule has 2 aromatic heterocycles. The number of esters is 2. The van der Waals surface area contributed by atoms with Gasteiger partial charge in [0, 0.05) is 19.2 Å². The number of methoxy groups -OCH3 is 1. The molecule has 0 amide bonds. The van der Waals surface area contributed by atoms with Gasteiger partial charge in [-0.3, -0.25) is 19.0 Å². The molecular formula is C22H23N3O6. The van der Waals surface area contributed by atoms with E-state index in [2.05, 4.69) is 9.97 Å². The molecule has 9 nitrogen and oxygen atoms in total. The summed E-state index contributed by atoms with van der Waals surface area (Å²) in [5, 5.41) is 0.504. The Bertz CT molecular complexity index is 1240. The maximum Gasteiger partial charge on any atom is 0.339 e. The minimum absolute atomic E-state index is 0.0396. The highest BCUT2D eigenvalue weighted by atomic mass is 16.5. The Hall–Kier alpha value is -3.75. The van der Waals surface area contributed by atoms with Gasteiger partial charge in [-0.2, -0.15) is 0 Å². The van der Waals surface area contributed by atoms with Gasteiger partial charge in [-0.1, -0.05) is 12.1 Å². The lowest BCUT2D eigenvalue weighted by atomic mass is 10.1. The second kappa shape index (κ2) is 8.95. The van der Waals surface area contributed by atoms with Crippen LogP contribution in [-0.4, -0.2) is 46.0 Å². The Morgan fingerprint density at radius 3 is 2.58 bits per heavy atom. The first-order valence-electron chi connectivity index (χ1n) is 9.65. The summed E-state index contributed by atoms with van der Waals surface area (Å²) >= 11 is 0. The lowest BCUT2D eigenvalue weighted by molar-refractivity contribution is -0.142. The molecule has 0 fully saturated rings. The third kappa shape index (κ3) is 4.40. The normalized spacial score (nSPS) is 10.8. The van der Waals surface area contributed by atoms with Crippen LogP contribution in [0.15, 0.2) is 29.1 Å². The first-order chi connectivity index (χ1) is 14.7. The molecule has 0 unspecified atom stereocenters. The first-order valence-corrected chi connectivity index (χ1v) is 9.65. The maximum atomic E-state index is 12.4. The van der Waals surface area contributed by atoms with E-state index in [0.29, 0.717) is 33.5 Å². The van der Waals surface area contributed by atoms with E-state index < -0.39 is 24.3 Å². The van der Waals surface area contributed by atoms with E-state index in [1.807, 2.05) is 0 Å². The molecule has 31 heavy (non-hydrogen) atoms. The molecule has 0 aliphatic rings. The molecule has 3 rings (SSSR count). The molecule has 0 bridgehead atoms. The third-order valence-electron chi connectivity index (χ3n) is 5.10. The average Bonchev–Trinajstić information content (AvgIpc) is 3.07. The molecule has 0 saturated carbocycles. The van der Waals surface area contributed by atoms with Gasteiger partial charge in [-0.15, -0.1) is 0 Å². The van der Waals surface area contributed by atoms with Crippen molar-refractivity contribution in [2.75, 3.05) is 13.7 Å². The molecule has 1 N–H and O–H groups in total.